The fourth-order valence-electron chi connectivity index (χ4n) is 4.37. The van der Waals surface area contributed by atoms with E-state index in [-0.39, 0.29) is 17.9 Å². The molecule has 1 aliphatic heterocycles. The molecule has 1 saturated heterocycles. The van der Waals surface area contributed by atoms with Crippen LogP contribution in [0.3, 0.4) is 0 Å². The molecule has 0 atom stereocenters. The van der Waals surface area contributed by atoms with Crippen LogP contribution in [0.15, 0.2) is 30.3 Å². The fraction of sp³-hybridized carbons (Fsp3) is 0.667. The molecule has 0 radical (unpaired) electrons. The monoisotopic (exact) mass is 344 g/mol. The van der Waals surface area contributed by atoms with Crippen molar-refractivity contribution in [1.29, 1.82) is 0 Å². The number of hydrogen-bond acceptors (Lipinski definition) is 3. The number of piperidine rings is 1. The first kappa shape index (κ1) is 18.4. The maximum absolute atomic E-state index is 13.0. The second-order valence-corrected chi connectivity index (χ2v) is 7.82. The maximum atomic E-state index is 13.0. The Bertz CT molecular complexity index is 532. The smallest absolute Gasteiger partial charge is 0.226 e. The van der Waals surface area contributed by atoms with E-state index in [1.165, 1.54) is 24.8 Å². The Morgan fingerprint density at radius 3 is 2.44 bits per heavy atom. The predicted octanol–water partition coefficient (Wildman–Crippen LogP) is 3.10. The zero-order chi connectivity index (χ0) is 17.5. The first-order valence-electron chi connectivity index (χ1n) is 9.90. The molecule has 1 aliphatic carbocycles. The van der Waals surface area contributed by atoms with E-state index in [1.807, 2.05) is 6.07 Å². The van der Waals surface area contributed by atoms with Crippen molar-refractivity contribution in [2.45, 2.75) is 64.0 Å². The van der Waals surface area contributed by atoms with E-state index in [1.54, 1.807) is 0 Å². The van der Waals surface area contributed by atoms with E-state index in [0.717, 1.165) is 45.3 Å². The molecule has 1 heterocycles. The highest BCUT2D eigenvalue weighted by Gasteiger charge is 2.41. The number of benzene rings is 1. The van der Waals surface area contributed by atoms with Gasteiger partial charge in [0.25, 0.3) is 0 Å². The van der Waals surface area contributed by atoms with Crippen LogP contribution in [-0.2, 0) is 11.3 Å². The van der Waals surface area contributed by atoms with Gasteiger partial charge in [-0.25, -0.2) is 0 Å². The van der Waals surface area contributed by atoms with Gasteiger partial charge in [0, 0.05) is 19.2 Å². The number of nitrogens with one attached hydrogen (secondary N) is 1. The summed E-state index contributed by atoms with van der Waals surface area (Å²) in [6, 6.07) is 10.9. The van der Waals surface area contributed by atoms with Gasteiger partial charge in [0.1, 0.15) is 0 Å². The molecule has 3 rings (SSSR count). The Hall–Kier alpha value is -1.39. The van der Waals surface area contributed by atoms with Crippen LogP contribution in [0, 0.1) is 5.41 Å². The summed E-state index contributed by atoms with van der Waals surface area (Å²) >= 11 is 0. The van der Waals surface area contributed by atoms with Crippen LogP contribution in [0.1, 0.15) is 56.9 Å². The fourth-order valence-corrected chi connectivity index (χ4v) is 4.37. The minimum atomic E-state index is -0.376. The zero-order valence-electron chi connectivity index (χ0n) is 15.3. The second-order valence-electron chi connectivity index (χ2n) is 7.82. The number of nitrogens with zero attached hydrogens (tertiary/aromatic N) is 1. The highest BCUT2D eigenvalue weighted by Crippen LogP contribution is 2.36. The number of rotatable bonds is 6. The molecule has 0 bridgehead atoms. The second kappa shape index (κ2) is 8.81. The summed E-state index contributed by atoms with van der Waals surface area (Å²) in [4.78, 5) is 15.4. The maximum Gasteiger partial charge on any atom is 0.226 e. The third-order valence-electron chi connectivity index (χ3n) is 6.07. The van der Waals surface area contributed by atoms with Gasteiger partial charge in [-0.15, -0.1) is 0 Å². The Morgan fingerprint density at radius 2 is 1.80 bits per heavy atom. The van der Waals surface area contributed by atoms with E-state index in [2.05, 4.69) is 34.5 Å². The molecule has 0 spiro atoms. The Labute approximate surface area is 151 Å². The van der Waals surface area contributed by atoms with Gasteiger partial charge in [-0.1, -0.05) is 49.6 Å². The van der Waals surface area contributed by atoms with Crippen LogP contribution in [-0.4, -0.2) is 41.7 Å². The lowest BCUT2D eigenvalue weighted by molar-refractivity contribution is -0.136. The van der Waals surface area contributed by atoms with Gasteiger partial charge in [-0.2, -0.15) is 0 Å². The number of amides is 1. The van der Waals surface area contributed by atoms with Gasteiger partial charge in [0.05, 0.1) is 5.41 Å². The Morgan fingerprint density at radius 1 is 1.12 bits per heavy atom. The minimum Gasteiger partial charge on any atom is -0.396 e. The lowest BCUT2D eigenvalue weighted by Gasteiger charge is -2.41. The number of carbonyl (C=O) groups excluding carboxylic acids is 1. The van der Waals surface area contributed by atoms with E-state index < -0.39 is 0 Å². The number of likely N-dealkylation sites (tertiary alicyclic amines) is 1. The van der Waals surface area contributed by atoms with Gasteiger partial charge in [-0.3, -0.25) is 9.69 Å². The molecule has 1 aromatic rings. The summed E-state index contributed by atoms with van der Waals surface area (Å²) in [5, 5.41) is 12.9. The average molecular weight is 344 g/mol. The molecule has 4 heteroatoms. The molecule has 4 nitrogen and oxygen atoms in total. The van der Waals surface area contributed by atoms with Crippen LogP contribution in [0.5, 0.6) is 0 Å². The number of carbonyl (C=O) groups is 1. The largest absolute Gasteiger partial charge is 0.396 e. The highest BCUT2D eigenvalue weighted by molar-refractivity contribution is 5.83. The molecule has 0 aromatic heterocycles. The van der Waals surface area contributed by atoms with Crippen LogP contribution >= 0.6 is 0 Å². The summed E-state index contributed by atoms with van der Waals surface area (Å²) in [5.41, 5.74) is 0.947. The van der Waals surface area contributed by atoms with Gasteiger partial charge < -0.3 is 10.4 Å². The van der Waals surface area contributed by atoms with Gasteiger partial charge in [0.2, 0.25) is 5.91 Å². The molecular weight excluding hydrogens is 312 g/mol. The number of hydrogen-bond donors (Lipinski definition) is 2. The first-order chi connectivity index (χ1) is 12.2. The normalized spacial score (nSPS) is 21.8. The van der Waals surface area contributed by atoms with Gasteiger partial charge in [-0.05, 0) is 50.8 Å². The van der Waals surface area contributed by atoms with Crippen molar-refractivity contribution in [2.24, 2.45) is 5.41 Å². The molecule has 138 valence electrons. The zero-order valence-corrected chi connectivity index (χ0v) is 15.3. The first-order valence-corrected chi connectivity index (χ1v) is 9.90. The number of aliphatic hydroxyl groups is 1. The molecule has 25 heavy (non-hydrogen) atoms. The average Bonchev–Trinajstić information content (AvgIpc) is 2.65. The minimum absolute atomic E-state index is 0.0940. The standard InChI is InChI=1S/C21H32N2O2/c24-16-13-21(20(25)22-19-9-5-2-6-10-19)11-14-23(15-12-21)17-18-7-3-1-4-8-18/h1,3-4,7-8,19,24H,2,5-6,9-17H2,(H,22,25). The van der Waals surface area contributed by atoms with E-state index >= 15 is 0 Å². The van der Waals surface area contributed by atoms with E-state index in [4.69, 9.17) is 0 Å². The van der Waals surface area contributed by atoms with Crippen LogP contribution in [0.4, 0.5) is 0 Å². The molecule has 2 fully saturated rings. The van der Waals surface area contributed by atoms with Crippen molar-refractivity contribution < 1.29 is 9.90 Å². The molecule has 1 aromatic carbocycles. The van der Waals surface area contributed by atoms with E-state index in [0.29, 0.717) is 12.5 Å². The quantitative estimate of drug-likeness (QED) is 0.834. The lowest BCUT2D eigenvalue weighted by Crippen LogP contribution is -2.51. The predicted molar refractivity (Wildman–Crippen MR) is 100 cm³/mol. The van der Waals surface area contributed by atoms with Crippen LogP contribution in [0.2, 0.25) is 0 Å². The number of aliphatic hydroxyl groups excluding tert-OH is 1. The molecule has 0 unspecified atom stereocenters. The summed E-state index contributed by atoms with van der Waals surface area (Å²) in [6.07, 6.45) is 8.25. The van der Waals surface area contributed by atoms with Crippen molar-refractivity contribution >= 4 is 5.91 Å². The topological polar surface area (TPSA) is 52.6 Å². The van der Waals surface area contributed by atoms with Crippen molar-refractivity contribution in [3.05, 3.63) is 35.9 Å². The Kier molecular flexibility index (Phi) is 6.49. The SMILES string of the molecule is O=C(NC1CCCCC1)C1(CCO)CCN(Cc2ccccc2)CC1. The van der Waals surface area contributed by atoms with Crippen molar-refractivity contribution in [1.82, 2.24) is 10.2 Å². The molecule has 1 amide bonds. The molecule has 2 aliphatic rings. The lowest BCUT2D eigenvalue weighted by atomic mass is 9.74. The van der Waals surface area contributed by atoms with Gasteiger partial charge >= 0.3 is 0 Å². The van der Waals surface area contributed by atoms with Crippen LogP contribution < -0.4 is 5.32 Å². The van der Waals surface area contributed by atoms with E-state index in [9.17, 15) is 9.90 Å². The third-order valence-corrected chi connectivity index (χ3v) is 6.07. The molecule has 2 N–H and O–H groups in total. The van der Waals surface area contributed by atoms with Crippen molar-refractivity contribution in [2.75, 3.05) is 19.7 Å². The highest BCUT2D eigenvalue weighted by atomic mass is 16.3. The van der Waals surface area contributed by atoms with Crippen LogP contribution in [0.25, 0.3) is 0 Å². The third kappa shape index (κ3) is 4.83. The summed E-state index contributed by atoms with van der Waals surface area (Å²) in [7, 11) is 0. The summed E-state index contributed by atoms with van der Waals surface area (Å²) in [6.45, 7) is 2.89. The van der Waals surface area contributed by atoms with Crippen molar-refractivity contribution in [3.63, 3.8) is 0 Å². The summed E-state index contributed by atoms with van der Waals surface area (Å²) < 4.78 is 0. The Balaban J connectivity index is 1.57. The molecule has 1 saturated carbocycles. The van der Waals surface area contributed by atoms with Gasteiger partial charge in [0.15, 0.2) is 0 Å². The van der Waals surface area contributed by atoms with Crippen molar-refractivity contribution in [3.8, 4) is 0 Å². The summed E-state index contributed by atoms with van der Waals surface area (Å²) in [5.74, 6) is 0.188. The molecular formula is C21H32N2O2.